The molecule has 1 aliphatic carbocycles. The molecule has 7 heteroatoms. The fraction of sp³-hybridized carbons (Fsp3) is 0.588. The number of fused-ring (bicyclic) bond motifs is 1. The van der Waals surface area contributed by atoms with Crippen molar-refractivity contribution >= 4 is 0 Å². The highest BCUT2D eigenvalue weighted by atomic mass is 19.1. The van der Waals surface area contributed by atoms with E-state index in [2.05, 4.69) is 25.5 Å². The van der Waals surface area contributed by atoms with Crippen LogP contribution in [0, 0.1) is 5.82 Å². The van der Waals surface area contributed by atoms with Crippen LogP contribution < -0.4 is 0 Å². The molecule has 1 saturated carbocycles. The predicted octanol–water partition coefficient (Wildman–Crippen LogP) is 1.63. The number of tetrazole rings is 1. The van der Waals surface area contributed by atoms with E-state index >= 15 is 0 Å². The van der Waals surface area contributed by atoms with E-state index in [-0.39, 0.29) is 16.8 Å². The zero-order valence-corrected chi connectivity index (χ0v) is 13.4. The number of rotatable bonds is 4. The van der Waals surface area contributed by atoms with Gasteiger partial charge in [-0.3, -0.25) is 4.90 Å². The van der Waals surface area contributed by atoms with Crippen molar-refractivity contribution in [3.05, 3.63) is 41.5 Å². The summed E-state index contributed by atoms with van der Waals surface area (Å²) in [5.41, 5.74) is 1.02. The van der Waals surface area contributed by atoms with Crippen molar-refractivity contribution in [2.45, 2.75) is 36.2 Å². The van der Waals surface area contributed by atoms with Gasteiger partial charge < -0.3 is 4.74 Å². The molecular weight excluding hydrogens is 309 g/mol. The lowest BCUT2D eigenvalue weighted by atomic mass is 9.62. The van der Waals surface area contributed by atoms with Crippen LogP contribution in [-0.2, 0) is 10.2 Å². The maximum Gasteiger partial charge on any atom is 0.183 e. The third-order valence-corrected chi connectivity index (χ3v) is 5.90. The summed E-state index contributed by atoms with van der Waals surface area (Å²) >= 11 is 0. The smallest absolute Gasteiger partial charge is 0.183 e. The van der Waals surface area contributed by atoms with Gasteiger partial charge >= 0.3 is 0 Å². The van der Waals surface area contributed by atoms with E-state index in [0.717, 1.165) is 50.3 Å². The second-order valence-electron chi connectivity index (χ2n) is 7.62. The van der Waals surface area contributed by atoms with E-state index in [1.165, 1.54) is 6.07 Å². The van der Waals surface area contributed by atoms with Crippen LogP contribution in [0.5, 0.6) is 0 Å². The van der Waals surface area contributed by atoms with Crippen LogP contribution in [0.2, 0.25) is 0 Å². The van der Waals surface area contributed by atoms with Crippen LogP contribution in [0.1, 0.15) is 36.6 Å². The Morgan fingerprint density at radius 2 is 2.29 bits per heavy atom. The number of halogens is 1. The Hall–Kier alpha value is -1.86. The molecule has 0 spiro atoms. The Balaban J connectivity index is 1.23. The molecule has 3 aliphatic heterocycles. The number of nitrogens with one attached hydrogen (secondary N) is 1. The first-order valence-corrected chi connectivity index (χ1v) is 8.52. The molecule has 1 N–H and O–H groups in total. The zero-order chi connectivity index (χ0) is 16.2. The van der Waals surface area contributed by atoms with Gasteiger partial charge in [-0.2, -0.15) is 5.21 Å². The molecule has 1 atom stereocenters. The number of aromatic amines is 1. The zero-order valence-electron chi connectivity index (χ0n) is 13.4. The first kappa shape index (κ1) is 14.5. The third-order valence-electron chi connectivity index (χ3n) is 5.90. The van der Waals surface area contributed by atoms with Crippen LogP contribution in [-0.4, -0.2) is 57.4 Å². The lowest BCUT2D eigenvalue weighted by Crippen LogP contribution is -2.53. The number of benzene rings is 1. The van der Waals surface area contributed by atoms with E-state index in [1.54, 1.807) is 12.1 Å². The molecule has 126 valence electrons. The molecule has 6 nitrogen and oxygen atoms in total. The number of ether oxygens (including phenoxy) is 1. The van der Waals surface area contributed by atoms with Crippen LogP contribution in [0.4, 0.5) is 4.39 Å². The molecule has 2 bridgehead atoms. The molecule has 1 aromatic carbocycles. The number of hydrogen-bond donors (Lipinski definition) is 1. The second kappa shape index (κ2) is 5.07. The van der Waals surface area contributed by atoms with Crippen molar-refractivity contribution in [1.82, 2.24) is 25.5 Å². The average molecular weight is 329 g/mol. The predicted molar refractivity (Wildman–Crippen MR) is 84.0 cm³/mol. The Labute approximate surface area is 139 Å². The number of hydrogen-bond acceptors (Lipinski definition) is 5. The van der Waals surface area contributed by atoms with E-state index in [9.17, 15) is 4.39 Å². The normalized spacial score (nSPS) is 35.3. The maximum absolute atomic E-state index is 13.4. The van der Waals surface area contributed by atoms with Gasteiger partial charge in [-0.1, -0.05) is 17.3 Å². The Morgan fingerprint density at radius 1 is 1.38 bits per heavy atom. The topological polar surface area (TPSA) is 66.9 Å². The van der Waals surface area contributed by atoms with Crippen molar-refractivity contribution in [1.29, 1.82) is 0 Å². The van der Waals surface area contributed by atoms with Gasteiger partial charge in [-0.25, -0.2) is 4.39 Å². The van der Waals surface area contributed by atoms with Crippen molar-refractivity contribution < 1.29 is 9.13 Å². The number of aromatic nitrogens is 4. The summed E-state index contributed by atoms with van der Waals surface area (Å²) in [5.74, 6) is 1.06. The highest BCUT2D eigenvalue weighted by Gasteiger charge is 2.65. The first-order chi connectivity index (χ1) is 11.7. The minimum atomic E-state index is -0.146. The molecule has 3 saturated heterocycles. The lowest BCUT2D eigenvalue weighted by Gasteiger charge is -2.44. The summed E-state index contributed by atoms with van der Waals surface area (Å²) in [4.78, 5) is 2.46. The lowest BCUT2D eigenvalue weighted by molar-refractivity contribution is -0.0285. The van der Waals surface area contributed by atoms with E-state index in [0.29, 0.717) is 12.5 Å². The second-order valence-corrected chi connectivity index (χ2v) is 7.62. The average Bonchev–Trinajstić information content (AvgIpc) is 3.30. The molecule has 0 radical (unpaired) electrons. The van der Waals surface area contributed by atoms with E-state index in [1.807, 2.05) is 6.07 Å². The number of H-pyrrole nitrogens is 1. The van der Waals surface area contributed by atoms with Crippen molar-refractivity contribution in [2.24, 2.45) is 0 Å². The van der Waals surface area contributed by atoms with Gasteiger partial charge in [-0.05, 0) is 49.4 Å². The summed E-state index contributed by atoms with van der Waals surface area (Å²) in [7, 11) is 0. The molecular formula is C17H20FN5O. The summed E-state index contributed by atoms with van der Waals surface area (Å²) in [6, 6.07) is 7.01. The molecule has 4 fully saturated rings. The van der Waals surface area contributed by atoms with Gasteiger partial charge in [0.25, 0.3) is 0 Å². The third kappa shape index (κ3) is 2.18. The Bertz CT molecular complexity index is 743. The first-order valence-electron chi connectivity index (χ1n) is 8.52. The Kier molecular flexibility index (Phi) is 3.06. The highest BCUT2D eigenvalue weighted by molar-refractivity contribution is 5.26. The van der Waals surface area contributed by atoms with Gasteiger partial charge in [0.15, 0.2) is 5.82 Å². The standard InChI is InChI=1S/C17H20FN5O/c18-14-3-1-2-12(6-14)13-4-5-23(7-13)10-17-8-16(9-17,11-24-17)15-19-21-22-20-15/h1-3,6,13H,4-5,7-11H2,(H,19,20,21,22). The van der Waals surface area contributed by atoms with Gasteiger partial charge in [0.1, 0.15) is 5.82 Å². The SMILES string of the molecule is Fc1cccc(C2CCN(CC34CC(c5nn[nH]n5)(CO3)C4)C2)c1. The summed E-state index contributed by atoms with van der Waals surface area (Å²) in [6.07, 6.45) is 3.02. The van der Waals surface area contributed by atoms with Crippen molar-refractivity contribution in [3.8, 4) is 0 Å². The van der Waals surface area contributed by atoms with Gasteiger partial charge in [0.05, 0.1) is 17.6 Å². The number of nitrogens with zero attached hydrogens (tertiary/aromatic N) is 4. The summed E-state index contributed by atoms with van der Waals surface area (Å²) < 4.78 is 19.6. The molecule has 6 rings (SSSR count). The monoisotopic (exact) mass is 329 g/mol. The highest BCUT2D eigenvalue weighted by Crippen LogP contribution is 2.58. The van der Waals surface area contributed by atoms with Gasteiger partial charge in [0, 0.05) is 13.1 Å². The van der Waals surface area contributed by atoms with E-state index in [4.69, 9.17) is 4.74 Å². The molecule has 0 amide bonds. The Morgan fingerprint density at radius 3 is 3.08 bits per heavy atom. The fourth-order valence-electron chi connectivity index (χ4n) is 4.86. The molecule has 2 aromatic rings. The van der Waals surface area contributed by atoms with Crippen molar-refractivity contribution in [3.63, 3.8) is 0 Å². The summed E-state index contributed by atoms with van der Waals surface area (Å²) in [6.45, 7) is 3.65. The minimum absolute atomic E-state index is 0.0331. The van der Waals surface area contributed by atoms with Crippen LogP contribution in [0.25, 0.3) is 0 Å². The van der Waals surface area contributed by atoms with Gasteiger partial charge in [-0.15, -0.1) is 10.2 Å². The fourth-order valence-corrected chi connectivity index (χ4v) is 4.86. The van der Waals surface area contributed by atoms with Gasteiger partial charge in [0.2, 0.25) is 0 Å². The summed E-state index contributed by atoms with van der Waals surface area (Å²) in [5, 5.41) is 14.5. The molecule has 1 unspecified atom stereocenters. The van der Waals surface area contributed by atoms with Crippen LogP contribution >= 0.6 is 0 Å². The van der Waals surface area contributed by atoms with Crippen LogP contribution in [0.3, 0.4) is 0 Å². The number of likely N-dealkylation sites (tertiary alicyclic amines) is 1. The largest absolute Gasteiger partial charge is 0.373 e. The molecule has 1 aromatic heterocycles. The van der Waals surface area contributed by atoms with E-state index < -0.39 is 0 Å². The molecule has 4 heterocycles. The van der Waals surface area contributed by atoms with Crippen molar-refractivity contribution in [2.75, 3.05) is 26.2 Å². The quantitative estimate of drug-likeness (QED) is 0.923. The minimum Gasteiger partial charge on any atom is -0.373 e. The molecule has 4 aliphatic rings. The molecule has 24 heavy (non-hydrogen) atoms. The maximum atomic E-state index is 13.4. The van der Waals surface area contributed by atoms with Crippen LogP contribution in [0.15, 0.2) is 24.3 Å².